The van der Waals surface area contributed by atoms with Gasteiger partial charge in [-0.1, -0.05) is 23.2 Å². The van der Waals surface area contributed by atoms with Crippen LogP contribution in [0.5, 0.6) is 5.75 Å². The molecule has 134 valence electrons. The lowest BCUT2D eigenvalue weighted by Gasteiger charge is -2.05. The zero-order valence-electron chi connectivity index (χ0n) is 14.2. The second kappa shape index (κ2) is 7.81. The number of allylic oxidation sites excluding steroid dienone is 1. The van der Waals surface area contributed by atoms with E-state index in [-0.39, 0.29) is 12.4 Å². The summed E-state index contributed by atoms with van der Waals surface area (Å²) in [5.41, 5.74) is 1.38. The Kier molecular flexibility index (Phi) is 5.49. The van der Waals surface area contributed by atoms with E-state index in [2.05, 4.69) is 5.10 Å². The van der Waals surface area contributed by atoms with Crippen LogP contribution in [0, 0.1) is 6.92 Å². The van der Waals surface area contributed by atoms with E-state index in [1.807, 2.05) is 6.92 Å². The van der Waals surface area contributed by atoms with Crippen LogP contribution in [0.4, 0.5) is 0 Å². The standard InChI is InChI=1S/C19H16Cl2N2O3/c1-12-16(10-22-23(12)2)19(24)8-6-13-3-4-15(26-13)11-25-14-5-7-17(20)18(21)9-14/h3-10H,11H2,1-2H3/b8-6-. The Balaban J connectivity index is 1.61. The summed E-state index contributed by atoms with van der Waals surface area (Å²) in [4.78, 5) is 12.2. The van der Waals surface area contributed by atoms with Crippen LogP contribution >= 0.6 is 23.2 Å². The molecule has 3 aromatic rings. The lowest BCUT2D eigenvalue weighted by molar-refractivity contribution is 0.104. The molecule has 0 saturated heterocycles. The van der Waals surface area contributed by atoms with Crippen molar-refractivity contribution < 1.29 is 13.9 Å². The number of carbonyl (C=O) groups is 1. The Hall–Kier alpha value is -2.50. The highest BCUT2D eigenvalue weighted by Crippen LogP contribution is 2.27. The van der Waals surface area contributed by atoms with Crippen molar-refractivity contribution in [1.29, 1.82) is 0 Å². The molecule has 0 atom stereocenters. The summed E-state index contributed by atoms with van der Waals surface area (Å²) < 4.78 is 12.9. The molecule has 0 spiro atoms. The van der Waals surface area contributed by atoms with E-state index < -0.39 is 0 Å². The Labute approximate surface area is 160 Å². The number of rotatable bonds is 6. The fourth-order valence-corrected chi connectivity index (χ4v) is 2.56. The molecule has 3 rings (SSSR count). The van der Waals surface area contributed by atoms with Crippen LogP contribution in [-0.2, 0) is 13.7 Å². The summed E-state index contributed by atoms with van der Waals surface area (Å²) in [6.45, 7) is 2.08. The third-order valence-electron chi connectivity index (χ3n) is 3.85. The molecule has 2 aromatic heterocycles. The molecule has 0 fully saturated rings. The molecule has 7 heteroatoms. The summed E-state index contributed by atoms with van der Waals surface area (Å²) in [6, 6.07) is 8.60. The van der Waals surface area contributed by atoms with Crippen molar-refractivity contribution in [1.82, 2.24) is 9.78 Å². The second-order valence-corrected chi connectivity index (χ2v) is 6.45. The maximum atomic E-state index is 12.2. The van der Waals surface area contributed by atoms with Crippen molar-refractivity contribution in [3.63, 3.8) is 0 Å². The minimum Gasteiger partial charge on any atom is -0.486 e. The van der Waals surface area contributed by atoms with Crippen LogP contribution in [0.3, 0.4) is 0 Å². The van der Waals surface area contributed by atoms with Crippen LogP contribution in [0.2, 0.25) is 10.0 Å². The predicted octanol–water partition coefficient (Wildman–Crippen LogP) is 5.10. The number of nitrogens with zero attached hydrogens (tertiary/aromatic N) is 2. The summed E-state index contributed by atoms with van der Waals surface area (Å²) in [5.74, 6) is 1.66. The van der Waals surface area contributed by atoms with Gasteiger partial charge in [0.15, 0.2) is 5.78 Å². The monoisotopic (exact) mass is 390 g/mol. The minimum absolute atomic E-state index is 0.124. The smallest absolute Gasteiger partial charge is 0.189 e. The predicted molar refractivity (Wildman–Crippen MR) is 101 cm³/mol. The second-order valence-electron chi connectivity index (χ2n) is 5.63. The Morgan fingerprint density at radius 3 is 2.77 bits per heavy atom. The van der Waals surface area contributed by atoms with E-state index in [9.17, 15) is 4.79 Å². The largest absolute Gasteiger partial charge is 0.486 e. The molecule has 0 radical (unpaired) electrons. The van der Waals surface area contributed by atoms with Gasteiger partial charge in [-0.3, -0.25) is 9.48 Å². The van der Waals surface area contributed by atoms with Gasteiger partial charge in [-0.05, 0) is 43.3 Å². The molecule has 0 aliphatic carbocycles. The summed E-state index contributed by atoms with van der Waals surface area (Å²) in [7, 11) is 1.79. The van der Waals surface area contributed by atoms with Crippen LogP contribution in [0.1, 0.15) is 27.6 Å². The summed E-state index contributed by atoms with van der Waals surface area (Å²) >= 11 is 11.8. The van der Waals surface area contributed by atoms with Gasteiger partial charge in [0, 0.05) is 18.8 Å². The number of benzene rings is 1. The highest BCUT2D eigenvalue weighted by molar-refractivity contribution is 6.42. The first kappa shape index (κ1) is 18.3. The number of hydrogen-bond donors (Lipinski definition) is 0. The zero-order valence-corrected chi connectivity index (χ0v) is 15.7. The number of aryl methyl sites for hydroxylation is 1. The van der Waals surface area contributed by atoms with Crippen LogP contribution in [0.15, 0.2) is 47.0 Å². The zero-order chi connectivity index (χ0) is 18.7. The van der Waals surface area contributed by atoms with E-state index in [0.29, 0.717) is 32.9 Å². The van der Waals surface area contributed by atoms with E-state index in [1.165, 1.54) is 6.08 Å². The SMILES string of the molecule is Cc1c(C(=O)/C=C\c2ccc(COc3ccc(Cl)c(Cl)c3)o2)cnn1C. The molecule has 0 aliphatic heterocycles. The van der Waals surface area contributed by atoms with Gasteiger partial charge in [-0.2, -0.15) is 5.10 Å². The first-order chi connectivity index (χ1) is 12.4. The van der Waals surface area contributed by atoms with E-state index in [4.69, 9.17) is 32.4 Å². The lowest BCUT2D eigenvalue weighted by atomic mass is 10.1. The first-order valence-electron chi connectivity index (χ1n) is 7.81. The maximum Gasteiger partial charge on any atom is 0.189 e. The Bertz CT molecular complexity index is 973. The third kappa shape index (κ3) is 4.18. The van der Waals surface area contributed by atoms with Crippen molar-refractivity contribution in [2.75, 3.05) is 0 Å². The van der Waals surface area contributed by atoms with Crippen molar-refractivity contribution in [2.24, 2.45) is 7.05 Å². The normalized spacial score (nSPS) is 11.2. The Morgan fingerprint density at radius 1 is 1.27 bits per heavy atom. The molecule has 2 heterocycles. The lowest BCUT2D eigenvalue weighted by Crippen LogP contribution is -1.98. The average molecular weight is 391 g/mol. The quantitative estimate of drug-likeness (QED) is 0.433. The summed E-state index contributed by atoms with van der Waals surface area (Å²) in [6.07, 6.45) is 4.64. The van der Waals surface area contributed by atoms with E-state index in [1.54, 1.807) is 54.3 Å². The van der Waals surface area contributed by atoms with Gasteiger partial charge in [0.05, 0.1) is 21.8 Å². The molecule has 0 N–H and O–H groups in total. The molecule has 1 aromatic carbocycles. The topological polar surface area (TPSA) is 57.3 Å². The number of carbonyl (C=O) groups excluding carboxylic acids is 1. The molecular formula is C19H16Cl2N2O3. The van der Waals surface area contributed by atoms with Crippen molar-refractivity contribution in [2.45, 2.75) is 13.5 Å². The number of furan rings is 1. The van der Waals surface area contributed by atoms with Gasteiger partial charge in [0.25, 0.3) is 0 Å². The average Bonchev–Trinajstić information content (AvgIpc) is 3.21. The van der Waals surface area contributed by atoms with Crippen molar-refractivity contribution >= 4 is 35.1 Å². The molecule has 0 bridgehead atoms. The molecule has 0 saturated carbocycles. The summed E-state index contributed by atoms with van der Waals surface area (Å²) in [5, 5.41) is 4.96. The number of hydrogen-bond acceptors (Lipinski definition) is 4. The fourth-order valence-electron chi connectivity index (χ4n) is 2.27. The van der Waals surface area contributed by atoms with Gasteiger partial charge < -0.3 is 9.15 Å². The number of ketones is 1. The van der Waals surface area contributed by atoms with E-state index in [0.717, 1.165) is 5.69 Å². The van der Waals surface area contributed by atoms with Crippen molar-refractivity contribution in [3.8, 4) is 5.75 Å². The Morgan fingerprint density at radius 2 is 2.08 bits per heavy atom. The van der Waals surface area contributed by atoms with Gasteiger partial charge in [0.1, 0.15) is 23.9 Å². The highest BCUT2D eigenvalue weighted by atomic mass is 35.5. The van der Waals surface area contributed by atoms with Gasteiger partial charge in [0.2, 0.25) is 0 Å². The minimum atomic E-state index is -0.124. The molecule has 0 unspecified atom stereocenters. The number of ether oxygens (including phenoxy) is 1. The van der Waals surface area contributed by atoms with Gasteiger partial charge in [-0.25, -0.2) is 0 Å². The fraction of sp³-hybridized carbons (Fsp3) is 0.158. The van der Waals surface area contributed by atoms with Gasteiger partial charge >= 0.3 is 0 Å². The maximum absolute atomic E-state index is 12.2. The van der Waals surface area contributed by atoms with Crippen LogP contribution in [0.25, 0.3) is 6.08 Å². The molecule has 26 heavy (non-hydrogen) atoms. The molecule has 5 nitrogen and oxygen atoms in total. The number of aromatic nitrogens is 2. The molecule has 0 aliphatic rings. The third-order valence-corrected chi connectivity index (χ3v) is 4.59. The van der Waals surface area contributed by atoms with Gasteiger partial charge in [-0.15, -0.1) is 0 Å². The highest BCUT2D eigenvalue weighted by Gasteiger charge is 2.10. The molecular weight excluding hydrogens is 375 g/mol. The first-order valence-corrected chi connectivity index (χ1v) is 8.57. The van der Waals surface area contributed by atoms with Crippen molar-refractivity contribution in [3.05, 3.63) is 75.4 Å². The van der Waals surface area contributed by atoms with Crippen LogP contribution in [-0.4, -0.2) is 15.6 Å². The number of halogens is 2. The van der Waals surface area contributed by atoms with Crippen LogP contribution < -0.4 is 4.74 Å². The van der Waals surface area contributed by atoms with E-state index >= 15 is 0 Å². The molecule has 0 amide bonds.